The molecule has 7 nitrogen and oxygen atoms in total. The minimum Gasteiger partial charge on any atom is -0.416 e. The Hall–Kier alpha value is -3.07. The zero-order valence-electron chi connectivity index (χ0n) is 15.0. The van der Waals surface area contributed by atoms with Crippen LogP contribution in [0, 0.1) is 0 Å². The lowest BCUT2D eigenvalue weighted by Gasteiger charge is -2.08. The van der Waals surface area contributed by atoms with Crippen molar-refractivity contribution >= 4 is 21.6 Å². The third-order valence-corrected chi connectivity index (χ3v) is 5.84. The van der Waals surface area contributed by atoms with Crippen LogP contribution in [0.25, 0.3) is 22.9 Å². The van der Waals surface area contributed by atoms with Crippen LogP contribution in [0.3, 0.4) is 0 Å². The maximum atomic E-state index is 12.7. The summed E-state index contributed by atoms with van der Waals surface area (Å²) in [5, 5.41) is 8.35. The van der Waals surface area contributed by atoms with E-state index in [-0.39, 0.29) is 17.3 Å². The van der Waals surface area contributed by atoms with Crippen LogP contribution in [0.4, 0.5) is 0 Å². The predicted octanol–water partition coefficient (Wildman–Crippen LogP) is 3.93. The molecule has 9 heteroatoms. The van der Waals surface area contributed by atoms with Gasteiger partial charge in [-0.25, -0.2) is 13.1 Å². The molecule has 0 saturated heterocycles. The first-order chi connectivity index (χ1) is 14.0. The van der Waals surface area contributed by atoms with Gasteiger partial charge >= 0.3 is 0 Å². The maximum Gasteiger partial charge on any atom is 0.249 e. The molecule has 4 rings (SSSR count). The molecule has 0 aliphatic carbocycles. The summed E-state index contributed by atoms with van der Waals surface area (Å²) in [5.74, 6) is 0.456. The second-order valence-corrected chi connectivity index (χ2v) is 8.28. The van der Waals surface area contributed by atoms with Crippen LogP contribution in [0.15, 0.2) is 82.4 Å². The zero-order chi connectivity index (χ0) is 20.3. The molecule has 0 bridgehead atoms. The molecule has 2 aromatic carbocycles. The SMILES string of the molecule is O=S(=O)(NCc1cccnc1)c1ccc(Cl)c(-c2nnc(-c3ccccc3)o2)c1. The molecule has 0 aliphatic rings. The zero-order valence-corrected chi connectivity index (χ0v) is 16.6. The fraction of sp³-hybridized carbons (Fsp3) is 0.0500. The first-order valence-electron chi connectivity index (χ1n) is 8.60. The molecule has 0 fully saturated rings. The van der Waals surface area contributed by atoms with Gasteiger partial charge in [-0.15, -0.1) is 10.2 Å². The molecule has 0 radical (unpaired) electrons. The number of halogens is 1. The highest BCUT2D eigenvalue weighted by Crippen LogP contribution is 2.31. The lowest BCUT2D eigenvalue weighted by atomic mass is 10.2. The number of pyridine rings is 1. The van der Waals surface area contributed by atoms with Crippen molar-refractivity contribution in [2.45, 2.75) is 11.4 Å². The van der Waals surface area contributed by atoms with Gasteiger partial charge in [-0.3, -0.25) is 4.98 Å². The molecule has 1 N–H and O–H groups in total. The number of benzene rings is 2. The molecule has 0 amide bonds. The molecule has 2 aromatic heterocycles. The molecule has 0 saturated carbocycles. The van der Waals surface area contributed by atoms with Gasteiger partial charge in [0.1, 0.15) is 0 Å². The first kappa shape index (κ1) is 19.3. The quantitative estimate of drug-likeness (QED) is 0.501. The monoisotopic (exact) mass is 426 g/mol. The van der Waals surface area contributed by atoms with Crippen molar-refractivity contribution in [1.82, 2.24) is 19.9 Å². The van der Waals surface area contributed by atoms with Gasteiger partial charge in [0.2, 0.25) is 21.8 Å². The van der Waals surface area contributed by atoms with E-state index in [2.05, 4.69) is 19.9 Å². The average molecular weight is 427 g/mol. The van der Waals surface area contributed by atoms with Gasteiger partial charge in [0, 0.05) is 24.5 Å². The van der Waals surface area contributed by atoms with E-state index >= 15 is 0 Å². The molecule has 146 valence electrons. The largest absolute Gasteiger partial charge is 0.416 e. The number of aromatic nitrogens is 3. The van der Waals surface area contributed by atoms with Crippen LogP contribution in [0.5, 0.6) is 0 Å². The number of sulfonamides is 1. The molecule has 0 unspecified atom stereocenters. The maximum absolute atomic E-state index is 12.7. The third-order valence-electron chi connectivity index (χ3n) is 4.11. The smallest absolute Gasteiger partial charge is 0.249 e. The molecule has 0 atom stereocenters. The van der Waals surface area contributed by atoms with Crippen molar-refractivity contribution in [3.05, 3.63) is 83.6 Å². The van der Waals surface area contributed by atoms with Crippen molar-refractivity contribution in [2.75, 3.05) is 0 Å². The summed E-state index contributed by atoms with van der Waals surface area (Å²) in [4.78, 5) is 4.01. The van der Waals surface area contributed by atoms with Crippen LogP contribution in [0.2, 0.25) is 5.02 Å². The lowest BCUT2D eigenvalue weighted by molar-refractivity contribution is 0.580. The van der Waals surface area contributed by atoms with Crippen molar-refractivity contribution in [3.8, 4) is 22.9 Å². The highest BCUT2D eigenvalue weighted by atomic mass is 35.5. The number of hydrogen-bond acceptors (Lipinski definition) is 6. The van der Waals surface area contributed by atoms with Gasteiger partial charge in [-0.05, 0) is 42.0 Å². The number of nitrogens with zero attached hydrogens (tertiary/aromatic N) is 3. The Morgan fingerprint density at radius 3 is 2.52 bits per heavy atom. The number of hydrogen-bond donors (Lipinski definition) is 1. The molecule has 2 heterocycles. The second-order valence-electron chi connectivity index (χ2n) is 6.11. The Morgan fingerprint density at radius 1 is 0.966 bits per heavy atom. The van der Waals surface area contributed by atoms with Crippen LogP contribution in [0.1, 0.15) is 5.56 Å². The van der Waals surface area contributed by atoms with E-state index < -0.39 is 10.0 Å². The van der Waals surface area contributed by atoms with E-state index in [4.69, 9.17) is 16.0 Å². The lowest BCUT2D eigenvalue weighted by Crippen LogP contribution is -2.23. The summed E-state index contributed by atoms with van der Waals surface area (Å²) < 4.78 is 33.6. The van der Waals surface area contributed by atoms with Gasteiger partial charge < -0.3 is 4.42 Å². The first-order valence-corrected chi connectivity index (χ1v) is 10.5. The Bertz CT molecular complexity index is 1230. The van der Waals surface area contributed by atoms with Crippen molar-refractivity contribution in [1.29, 1.82) is 0 Å². The summed E-state index contributed by atoms with van der Waals surface area (Å²) in [5.41, 5.74) is 1.84. The summed E-state index contributed by atoms with van der Waals surface area (Å²) in [6.07, 6.45) is 3.22. The third kappa shape index (κ3) is 4.34. The molecule has 0 aliphatic heterocycles. The van der Waals surface area contributed by atoms with E-state index in [1.54, 1.807) is 24.5 Å². The molecule has 29 heavy (non-hydrogen) atoms. The Balaban J connectivity index is 1.62. The average Bonchev–Trinajstić information content (AvgIpc) is 3.24. The summed E-state index contributed by atoms with van der Waals surface area (Å²) in [6, 6.07) is 17.1. The minimum absolute atomic E-state index is 0.0419. The summed E-state index contributed by atoms with van der Waals surface area (Å²) in [6.45, 7) is 0.118. The Kier molecular flexibility index (Phi) is 5.39. The molecule has 0 spiro atoms. The van der Waals surface area contributed by atoms with E-state index in [0.717, 1.165) is 11.1 Å². The van der Waals surface area contributed by atoms with Crippen LogP contribution < -0.4 is 4.72 Å². The molecular formula is C20H15ClN4O3S. The van der Waals surface area contributed by atoms with Crippen LogP contribution >= 0.6 is 11.6 Å². The minimum atomic E-state index is -3.78. The predicted molar refractivity (Wildman–Crippen MR) is 108 cm³/mol. The molecule has 4 aromatic rings. The summed E-state index contributed by atoms with van der Waals surface area (Å²) in [7, 11) is -3.78. The Labute approximate surface area is 172 Å². The van der Waals surface area contributed by atoms with Gasteiger partial charge in [0.15, 0.2) is 0 Å². The fourth-order valence-electron chi connectivity index (χ4n) is 2.63. The van der Waals surface area contributed by atoms with Crippen molar-refractivity contribution in [3.63, 3.8) is 0 Å². The van der Waals surface area contributed by atoms with E-state index in [1.165, 1.54) is 18.2 Å². The summed E-state index contributed by atoms with van der Waals surface area (Å²) >= 11 is 6.26. The topological polar surface area (TPSA) is 98.0 Å². The highest BCUT2D eigenvalue weighted by molar-refractivity contribution is 7.89. The van der Waals surface area contributed by atoms with Crippen LogP contribution in [-0.4, -0.2) is 23.6 Å². The molecular weight excluding hydrogens is 412 g/mol. The van der Waals surface area contributed by atoms with Gasteiger partial charge in [-0.2, -0.15) is 0 Å². The fourth-order valence-corrected chi connectivity index (χ4v) is 3.87. The van der Waals surface area contributed by atoms with Crippen molar-refractivity contribution < 1.29 is 12.8 Å². The van der Waals surface area contributed by atoms with Crippen LogP contribution in [-0.2, 0) is 16.6 Å². The van der Waals surface area contributed by atoms with E-state index in [0.29, 0.717) is 16.5 Å². The normalized spacial score (nSPS) is 11.5. The highest BCUT2D eigenvalue weighted by Gasteiger charge is 2.19. The van der Waals surface area contributed by atoms with Gasteiger partial charge in [-0.1, -0.05) is 35.9 Å². The Morgan fingerprint density at radius 2 is 1.76 bits per heavy atom. The standard InChI is InChI=1S/C20H15ClN4O3S/c21-18-9-8-16(29(26,27)23-13-14-5-4-10-22-12-14)11-17(18)20-25-24-19(28-20)15-6-2-1-3-7-15/h1-12,23H,13H2. The number of rotatable bonds is 6. The van der Waals surface area contributed by atoms with Gasteiger partial charge in [0.05, 0.1) is 15.5 Å². The van der Waals surface area contributed by atoms with Gasteiger partial charge in [0.25, 0.3) is 0 Å². The van der Waals surface area contributed by atoms with E-state index in [1.807, 2.05) is 30.3 Å². The second kappa shape index (κ2) is 8.12. The number of nitrogens with one attached hydrogen (secondary N) is 1. The van der Waals surface area contributed by atoms with E-state index in [9.17, 15) is 8.42 Å². The van der Waals surface area contributed by atoms with Crippen molar-refractivity contribution in [2.24, 2.45) is 0 Å².